The van der Waals surface area contributed by atoms with E-state index in [1.54, 1.807) is 0 Å². The van der Waals surface area contributed by atoms with E-state index in [1.807, 2.05) is 18.5 Å². The first kappa shape index (κ1) is 20.5. The van der Waals surface area contributed by atoms with E-state index in [9.17, 15) is 0 Å². The van der Waals surface area contributed by atoms with Gasteiger partial charge in [0.05, 0.1) is 0 Å². The van der Waals surface area contributed by atoms with E-state index < -0.39 is 0 Å². The van der Waals surface area contributed by atoms with Crippen LogP contribution in [0.1, 0.15) is 22.5 Å². The Balaban J connectivity index is 1.65. The molecule has 2 aliphatic heterocycles. The van der Waals surface area contributed by atoms with Gasteiger partial charge in [0, 0.05) is 89.2 Å². The van der Waals surface area contributed by atoms with Crippen LogP contribution in [-0.2, 0) is 13.1 Å². The van der Waals surface area contributed by atoms with E-state index in [0.717, 1.165) is 71.4 Å². The van der Waals surface area contributed by atoms with E-state index in [2.05, 4.69) is 62.1 Å². The van der Waals surface area contributed by atoms with Crippen molar-refractivity contribution < 1.29 is 0 Å². The second-order valence-corrected chi connectivity index (χ2v) is 8.67. The van der Waals surface area contributed by atoms with Gasteiger partial charge in [-0.05, 0) is 45.1 Å². The minimum absolute atomic E-state index is 0.784. The van der Waals surface area contributed by atoms with Gasteiger partial charge >= 0.3 is 0 Å². The Labute approximate surface area is 174 Å². The highest BCUT2D eigenvalue weighted by Crippen LogP contribution is 2.28. The molecular formula is C22H35N7. The lowest BCUT2D eigenvalue weighted by molar-refractivity contribution is 0.141. The Morgan fingerprint density at radius 3 is 1.52 bits per heavy atom. The predicted molar refractivity (Wildman–Crippen MR) is 116 cm³/mol. The van der Waals surface area contributed by atoms with E-state index in [4.69, 9.17) is 0 Å². The van der Waals surface area contributed by atoms with Crippen LogP contribution in [-0.4, -0.2) is 101 Å². The van der Waals surface area contributed by atoms with Gasteiger partial charge in [-0.25, -0.2) is 9.97 Å². The molecule has 7 nitrogen and oxygen atoms in total. The van der Waals surface area contributed by atoms with Gasteiger partial charge in [-0.15, -0.1) is 0 Å². The van der Waals surface area contributed by atoms with Crippen molar-refractivity contribution in [3.05, 3.63) is 41.0 Å². The van der Waals surface area contributed by atoms with Crippen LogP contribution < -0.4 is 0 Å². The van der Waals surface area contributed by atoms with Crippen LogP contribution in [0, 0.1) is 13.8 Å². The first-order valence-corrected chi connectivity index (χ1v) is 10.8. The number of likely N-dealkylation sites (N-methyl/N-ethyl adjacent to an activating group) is 2. The Kier molecular flexibility index (Phi) is 6.29. The van der Waals surface area contributed by atoms with Crippen molar-refractivity contribution >= 4 is 0 Å². The topological polar surface area (TPSA) is 43.7 Å². The van der Waals surface area contributed by atoms with Crippen LogP contribution in [0.4, 0.5) is 0 Å². The van der Waals surface area contributed by atoms with Crippen LogP contribution in [0.15, 0.2) is 18.5 Å². The van der Waals surface area contributed by atoms with Gasteiger partial charge in [-0.2, -0.15) is 0 Å². The molecule has 2 aliphatic rings. The zero-order valence-corrected chi connectivity index (χ0v) is 18.4. The Morgan fingerprint density at radius 2 is 1.10 bits per heavy atom. The summed E-state index contributed by atoms with van der Waals surface area (Å²) in [6, 6.07) is 1.88. The maximum absolute atomic E-state index is 4.55. The van der Waals surface area contributed by atoms with Gasteiger partial charge in [0.15, 0.2) is 0 Å². The van der Waals surface area contributed by atoms with Gasteiger partial charge < -0.3 is 9.80 Å². The number of hydrogen-bond acceptors (Lipinski definition) is 6. The molecule has 2 fully saturated rings. The van der Waals surface area contributed by atoms with Crippen molar-refractivity contribution in [2.24, 2.45) is 0 Å². The number of aromatic nitrogens is 3. The number of rotatable bonds is 5. The van der Waals surface area contributed by atoms with Crippen LogP contribution >= 0.6 is 0 Å². The highest BCUT2D eigenvalue weighted by Gasteiger charge is 2.25. The zero-order valence-electron chi connectivity index (χ0n) is 18.4. The van der Waals surface area contributed by atoms with Gasteiger partial charge in [0.2, 0.25) is 5.95 Å². The monoisotopic (exact) mass is 397 g/mol. The molecule has 0 N–H and O–H groups in total. The lowest BCUT2D eigenvalue weighted by Crippen LogP contribution is -2.45. The molecule has 0 aliphatic carbocycles. The van der Waals surface area contributed by atoms with Crippen molar-refractivity contribution in [1.29, 1.82) is 0 Å². The summed E-state index contributed by atoms with van der Waals surface area (Å²) in [6.07, 6.45) is 3.67. The maximum Gasteiger partial charge on any atom is 0.233 e. The van der Waals surface area contributed by atoms with Crippen LogP contribution in [0.25, 0.3) is 5.95 Å². The third kappa shape index (κ3) is 4.53. The predicted octanol–water partition coefficient (Wildman–Crippen LogP) is 1.38. The molecule has 7 heteroatoms. The third-order valence-corrected chi connectivity index (χ3v) is 6.62. The highest BCUT2D eigenvalue weighted by atomic mass is 15.3. The fraction of sp³-hybridized carbons (Fsp3) is 0.636. The number of piperazine rings is 2. The number of nitrogens with zero attached hydrogens (tertiary/aromatic N) is 7. The van der Waals surface area contributed by atoms with Gasteiger partial charge in [-0.3, -0.25) is 14.4 Å². The van der Waals surface area contributed by atoms with E-state index in [-0.39, 0.29) is 0 Å². The summed E-state index contributed by atoms with van der Waals surface area (Å²) >= 11 is 0. The summed E-state index contributed by atoms with van der Waals surface area (Å²) in [4.78, 5) is 19.1. The third-order valence-electron chi connectivity index (χ3n) is 6.62. The second kappa shape index (κ2) is 8.92. The summed E-state index contributed by atoms with van der Waals surface area (Å²) in [7, 11) is 4.43. The van der Waals surface area contributed by atoms with Gasteiger partial charge in [0.1, 0.15) is 0 Å². The quantitative estimate of drug-likeness (QED) is 0.760. The number of hydrogen-bond donors (Lipinski definition) is 0. The molecule has 2 saturated heterocycles. The van der Waals surface area contributed by atoms with Crippen molar-refractivity contribution in [3.63, 3.8) is 0 Å². The molecule has 0 atom stereocenters. The first-order valence-electron chi connectivity index (χ1n) is 10.8. The Hall–Kier alpha value is -1.80. The SMILES string of the molecule is Cc1c(CN2CCN(C)CC2)c(CN2CCN(C)CC2)c(C)n1-c1ncccn1. The molecule has 0 unspecified atom stereocenters. The molecular weight excluding hydrogens is 362 g/mol. The van der Waals surface area contributed by atoms with E-state index in [1.165, 1.54) is 22.5 Å². The minimum atomic E-state index is 0.784. The normalized spacial score (nSPS) is 20.4. The smallest absolute Gasteiger partial charge is 0.233 e. The molecule has 158 valence electrons. The molecule has 0 bridgehead atoms. The summed E-state index contributed by atoms with van der Waals surface area (Å²) in [5.41, 5.74) is 5.52. The molecule has 2 aromatic rings. The van der Waals surface area contributed by atoms with Gasteiger partial charge in [-0.1, -0.05) is 0 Å². The molecule has 29 heavy (non-hydrogen) atoms. The van der Waals surface area contributed by atoms with Crippen molar-refractivity contribution in [3.8, 4) is 5.95 Å². The summed E-state index contributed by atoms with van der Waals surface area (Å²) in [5, 5.41) is 0. The largest absolute Gasteiger partial charge is 0.304 e. The first-order chi connectivity index (χ1) is 14.0. The second-order valence-electron chi connectivity index (χ2n) is 8.67. The highest BCUT2D eigenvalue weighted by molar-refractivity contribution is 5.42. The zero-order chi connectivity index (χ0) is 20.4. The summed E-state index contributed by atoms with van der Waals surface area (Å²) in [6.45, 7) is 15.6. The molecule has 0 aromatic carbocycles. The van der Waals surface area contributed by atoms with Crippen molar-refractivity contribution in [1.82, 2.24) is 34.1 Å². The molecule has 0 radical (unpaired) electrons. The van der Waals surface area contributed by atoms with E-state index in [0.29, 0.717) is 0 Å². The van der Waals surface area contributed by atoms with E-state index >= 15 is 0 Å². The Bertz CT molecular complexity index is 753. The average Bonchev–Trinajstić information content (AvgIpc) is 2.96. The van der Waals surface area contributed by atoms with Gasteiger partial charge in [0.25, 0.3) is 0 Å². The van der Waals surface area contributed by atoms with Crippen molar-refractivity contribution in [2.75, 3.05) is 66.5 Å². The Morgan fingerprint density at radius 1 is 0.690 bits per heavy atom. The molecule has 0 amide bonds. The minimum Gasteiger partial charge on any atom is -0.304 e. The fourth-order valence-electron chi connectivity index (χ4n) is 4.54. The average molecular weight is 398 g/mol. The molecule has 4 heterocycles. The molecule has 0 spiro atoms. The van der Waals surface area contributed by atoms with Crippen LogP contribution in [0.3, 0.4) is 0 Å². The van der Waals surface area contributed by atoms with Crippen LogP contribution in [0.5, 0.6) is 0 Å². The summed E-state index contributed by atoms with van der Waals surface area (Å²) < 4.78 is 2.26. The molecule has 0 saturated carbocycles. The fourth-order valence-corrected chi connectivity index (χ4v) is 4.54. The molecule has 4 rings (SSSR count). The maximum atomic E-state index is 4.55. The summed E-state index contributed by atoms with van der Waals surface area (Å²) in [5.74, 6) is 0.784. The van der Waals surface area contributed by atoms with Crippen LogP contribution in [0.2, 0.25) is 0 Å². The lowest BCUT2D eigenvalue weighted by Gasteiger charge is -2.34. The molecule has 2 aromatic heterocycles. The lowest BCUT2D eigenvalue weighted by atomic mass is 10.1. The standard InChI is InChI=1S/C22H35N7/c1-18-20(16-27-12-8-25(3)9-13-27)21(17-28-14-10-26(4)11-15-28)19(2)29(18)22-23-6-5-7-24-22/h5-7H,8-17H2,1-4H3. The van der Waals surface area contributed by atoms with Crippen molar-refractivity contribution in [2.45, 2.75) is 26.9 Å².